The minimum atomic E-state index is -0.372. The third-order valence-corrected chi connectivity index (χ3v) is 3.26. The van der Waals surface area contributed by atoms with Gasteiger partial charge in [0.1, 0.15) is 11.7 Å². The number of halogens is 1. The van der Waals surface area contributed by atoms with Gasteiger partial charge in [0.25, 0.3) is 0 Å². The zero-order valence-corrected chi connectivity index (χ0v) is 10.5. The fourth-order valence-electron chi connectivity index (χ4n) is 2.08. The van der Waals surface area contributed by atoms with Crippen molar-refractivity contribution in [2.45, 2.75) is 18.9 Å². The molecule has 1 fully saturated rings. The molecule has 2 rings (SSSR count). The summed E-state index contributed by atoms with van der Waals surface area (Å²) in [6.07, 6.45) is 3.57. The summed E-state index contributed by atoms with van der Waals surface area (Å²) in [5.74, 6) is -0.372. The lowest BCUT2D eigenvalue weighted by Gasteiger charge is -2.26. The summed E-state index contributed by atoms with van der Waals surface area (Å²) in [7, 11) is 2.11. The number of likely N-dealkylation sites (tertiary alicyclic amines) is 1. The van der Waals surface area contributed by atoms with Crippen molar-refractivity contribution in [1.82, 2.24) is 4.98 Å². The number of piperidine rings is 1. The summed E-state index contributed by atoms with van der Waals surface area (Å²) in [4.78, 5) is 17.1. The highest BCUT2D eigenvalue weighted by molar-refractivity contribution is 6.32. The third kappa shape index (κ3) is 3.17. The van der Waals surface area contributed by atoms with Gasteiger partial charge in [0.2, 0.25) is 0 Å². The molecule has 0 aromatic carbocycles. The van der Waals surface area contributed by atoms with Crippen LogP contribution in [0.15, 0.2) is 18.3 Å². The van der Waals surface area contributed by atoms with Crippen LogP contribution in [0.4, 0.5) is 0 Å². The first kappa shape index (κ1) is 12.3. The van der Waals surface area contributed by atoms with Gasteiger partial charge < -0.3 is 9.64 Å². The van der Waals surface area contributed by atoms with E-state index in [1.807, 2.05) is 0 Å². The van der Waals surface area contributed by atoms with Crippen LogP contribution in [0.25, 0.3) is 0 Å². The van der Waals surface area contributed by atoms with Crippen LogP contribution in [-0.2, 0) is 4.74 Å². The van der Waals surface area contributed by atoms with Gasteiger partial charge >= 0.3 is 5.97 Å². The predicted molar refractivity (Wildman–Crippen MR) is 64.3 cm³/mol. The van der Waals surface area contributed by atoms with E-state index in [4.69, 9.17) is 16.3 Å². The summed E-state index contributed by atoms with van der Waals surface area (Å²) in [6, 6.07) is 3.32. The van der Waals surface area contributed by atoms with Gasteiger partial charge in [-0.1, -0.05) is 11.6 Å². The monoisotopic (exact) mass is 255 g/mol. The van der Waals surface area contributed by atoms with Crippen LogP contribution < -0.4 is 4.90 Å². The van der Waals surface area contributed by atoms with Crippen molar-refractivity contribution >= 4 is 17.6 Å². The van der Waals surface area contributed by atoms with E-state index in [-0.39, 0.29) is 17.2 Å². The number of carbonyl (C=O) groups excluding carboxylic acids is 1. The molecule has 4 nitrogen and oxygen atoms in total. The number of likely N-dealkylation sites (N-methyl/N-ethyl adjacent to an activating group) is 1. The molecule has 1 aliphatic rings. The van der Waals surface area contributed by atoms with Crippen molar-refractivity contribution in [1.29, 1.82) is 0 Å². The molecular weight excluding hydrogens is 240 g/mol. The molecule has 0 spiro atoms. The molecule has 2 heterocycles. The van der Waals surface area contributed by atoms with Crippen molar-refractivity contribution in [3.05, 3.63) is 29.0 Å². The number of rotatable bonds is 2. The minimum Gasteiger partial charge on any atom is -0.453 e. The number of quaternary nitrogens is 1. The van der Waals surface area contributed by atoms with Gasteiger partial charge in [0.15, 0.2) is 6.10 Å². The van der Waals surface area contributed by atoms with Gasteiger partial charge in [-0.05, 0) is 18.6 Å². The van der Waals surface area contributed by atoms with Crippen LogP contribution in [0.2, 0.25) is 5.15 Å². The number of pyridine rings is 1. The second-order valence-corrected chi connectivity index (χ2v) is 4.78. The molecule has 92 valence electrons. The second-order valence-electron chi connectivity index (χ2n) is 4.42. The maximum Gasteiger partial charge on any atom is 0.341 e. The number of nitrogens with zero attached hydrogens (tertiary/aromatic N) is 1. The molecule has 5 heteroatoms. The molecule has 1 unspecified atom stereocenters. The van der Waals surface area contributed by atoms with Crippen LogP contribution in [-0.4, -0.2) is 37.2 Å². The smallest absolute Gasteiger partial charge is 0.341 e. The topological polar surface area (TPSA) is 43.6 Å². The first-order valence-electron chi connectivity index (χ1n) is 5.79. The summed E-state index contributed by atoms with van der Waals surface area (Å²) < 4.78 is 5.44. The molecule has 1 N–H and O–H groups in total. The summed E-state index contributed by atoms with van der Waals surface area (Å²) >= 11 is 5.85. The SMILES string of the molecule is C[NH+]1CCC[C@@H](OC(=O)c2cccnc2Cl)C1. The number of hydrogen-bond acceptors (Lipinski definition) is 3. The zero-order chi connectivity index (χ0) is 12.3. The predicted octanol–water partition coefficient (Wildman–Crippen LogP) is 0.569. The highest BCUT2D eigenvalue weighted by atomic mass is 35.5. The largest absolute Gasteiger partial charge is 0.453 e. The van der Waals surface area contributed by atoms with E-state index in [0.717, 1.165) is 25.9 Å². The number of carbonyl (C=O) groups is 1. The van der Waals surface area contributed by atoms with E-state index >= 15 is 0 Å². The molecule has 17 heavy (non-hydrogen) atoms. The summed E-state index contributed by atoms with van der Waals surface area (Å²) in [6.45, 7) is 2.01. The standard InChI is InChI=1S/C12H15ClN2O2/c1-15-7-3-4-9(8-15)17-12(16)10-5-2-6-14-11(10)13/h2,5-6,9H,3-4,7-8H2,1H3/p+1/t9-/m1/s1. The van der Waals surface area contributed by atoms with E-state index in [0.29, 0.717) is 5.56 Å². The van der Waals surface area contributed by atoms with Crippen molar-refractivity contribution in [2.75, 3.05) is 20.1 Å². The van der Waals surface area contributed by atoms with E-state index < -0.39 is 0 Å². The van der Waals surface area contributed by atoms with E-state index in [9.17, 15) is 4.79 Å². The number of aromatic nitrogens is 1. The number of hydrogen-bond donors (Lipinski definition) is 1. The molecule has 0 bridgehead atoms. The Hall–Kier alpha value is -1.13. The quantitative estimate of drug-likeness (QED) is 0.621. The van der Waals surface area contributed by atoms with Crippen LogP contribution in [0.5, 0.6) is 0 Å². The minimum absolute atomic E-state index is 0.00692. The number of nitrogens with one attached hydrogen (secondary N) is 1. The maximum atomic E-state index is 11.9. The van der Waals surface area contributed by atoms with Gasteiger partial charge in [-0.15, -0.1) is 0 Å². The van der Waals surface area contributed by atoms with E-state index in [1.165, 1.54) is 4.90 Å². The van der Waals surface area contributed by atoms with Gasteiger partial charge in [-0.25, -0.2) is 9.78 Å². The maximum absolute atomic E-state index is 11.9. The molecule has 1 aromatic rings. The van der Waals surface area contributed by atoms with Gasteiger partial charge in [-0.3, -0.25) is 0 Å². The average Bonchev–Trinajstić information content (AvgIpc) is 2.29. The molecular formula is C12H16ClN2O2+. The Morgan fingerprint density at radius 2 is 2.47 bits per heavy atom. The molecule has 0 amide bonds. The van der Waals surface area contributed by atoms with Crippen molar-refractivity contribution in [2.24, 2.45) is 0 Å². The van der Waals surface area contributed by atoms with Crippen molar-refractivity contribution in [3.63, 3.8) is 0 Å². The van der Waals surface area contributed by atoms with Crippen LogP contribution >= 0.6 is 11.6 Å². The highest BCUT2D eigenvalue weighted by Gasteiger charge is 2.25. The number of esters is 1. The van der Waals surface area contributed by atoms with Crippen molar-refractivity contribution in [3.8, 4) is 0 Å². The lowest BCUT2D eigenvalue weighted by atomic mass is 10.1. The van der Waals surface area contributed by atoms with Crippen LogP contribution in [0.1, 0.15) is 23.2 Å². The van der Waals surface area contributed by atoms with Crippen LogP contribution in [0.3, 0.4) is 0 Å². The van der Waals surface area contributed by atoms with E-state index in [2.05, 4.69) is 12.0 Å². The molecule has 2 atom stereocenters. The Bertz CT molecular complexity index is 411. The Kier molecular flexibility index (Phi) is 3.97. The summed E-state index contributed by atoms with van der Waals surface area (Å²) in [5.41, 5.74) is 0.345. The van der Waals surface area contributed by atoms with Gasteiger partial charge in [0, 0.05) is 12.6 Å². The Labute approximate surface area is 106 Å². The Morgan fingerprint density at radius 1 is 1.65 bits per heavy atom. The van der Waals surface area contributed by atoms with Gasteiger partial charge in [0.05, 0.1) is 19.2 Å². The molecule has 1 aromatic heterocycles. The van der Waals surface area contributed by atoms with E-state index in [1.54, 1.807) is 18.3 Å². The first-order chi connectivity index (χ1) is 8.16. The van der Waals surface area contributed by atoms with Gasteiger partial charge in [-0.2, -0.15) is 0 Å². The Morgan fingerprint density at radius 3 is 3.18 bits per heavy atom. The fraction of sp³-hybridized carbons (Fsp3) is 0.500. The highest BCUT2D eigenvalue weighted by Crippen LogP contribution is 2.15. The average molecular weight is 256 g/mol. The molecule has 0 aliphatic carbocycles. The molecule has 1 saturated heterocycles. The molecule has 1 aliphatic heterocycles. The fourth-order valence-corrected chi connectivity index (χ4v) is 2.27. The normalized spacial score (nSPS) is 24.4. The lowest BCUT2D eigenvalue weighted by Crippen LogP contribution is -3.11. The lowest BCUT2D eigenvalue weighted by molar-refractivity contribution is -0.888. The molecule has 0 saturated carbocycles. The first-order valence-corrected chi connectivity index (χ1v) is 6.17. The third-order valence-electron chi connectivity index (χ3n) is 2.96. The number of ether oxygens (including phenoxy) is 1. The zero-order valence-electron chi connectivity index (χ0n) is 9.78. The molecule has 0 radical (unpaired) electrons. The Balaban J connectivity index is 1.99. The van der Waals surface area contributed by atoms with Crippen molar-refractivity contribution < 1.29 is 14.4 Å². The van der Waals surface area contributed by atoms with Crippen LogP contribution in [0, 0.1) is 0 Å². The summed E-state index contributed by atoms with van der Waals surface area (Å²) in [5, 5.41) is 0.203. The second kappa shape index (κ2) is 5.47.